The molecule has 0 saturated carbocycles. The Morgan fingerprint density at radius 1 is 1.38 bits per heavy atom. The molecule has 3 aliphatic heterocycles. The predicted molar refractivity (Wildman–Crippen MR) is 87.7 cm³/mol. The van der Waals surface area contributed by atoms with Gasteiger partial charge < -0.3 is 9.47 Å². The zero-order chi connectivity index (χ0) is 14.6. The molecule has 0 aromatic carbocycles. The Balaban J connectivity index is 1.88. The second kappa shape index (κ2) is 5.21. The van der Waals surface area contributed by atoms with Crippen LogP contribution < -0.4 is 0 Å². The highest BCUT2D eigenvalue weighted by Crippen LogP contribution is 2.39. The first-order chi connectivity index (χ1) is 10.1. The summed E-state index contributed by atoms with van der Waals surface area (Å²) in [6.07, 6.45) is 4.40. The standard InChI is InChI=1S/C15H18BrClN4/c1-9(17)14-19-12-6-11(16)7-18-15(12)21(14)13-8-20-4-2-10(13)3-5-20/h6-7,9-10,13H,2-5,8H2,1H3. The molecule has 2 bridgehead atoms. The van der Waals surface area contributed by atoms with Gasteiger partial charge in [-0.05, 0) is 60.8 Å². The maximum atomic E-state index is 6.40. The van der Waals surface area contributed by atoms with E-state index in [1.54, 1.807) is 0 Å². The van der Waals surface area contributed by atoms with E-state index >= 15 is 0 Å². The van der Waals surface area contributed by atoms with Crippen molar-refractivity contribution < 1.29 is 0 Å². The summed E-state index contributed by atoms with van der Waals surface area (Å²) in [6.45, 7) is 5.57. The number of halogens is 2. The van der Waals surface area contributed by atoms with E-state index < -0.39 is 0 Å². The van der Waals surface area contributed by atoms with Crippen molar-refractivity contribution in [1.82, 2.24) is 19.4 Å². The number of pyridine rings is 1. The number of alkyl halides is 1. The molecule has 0 N–H and O–H groups in total. The molecule has 3 aliphatic rings. The third-order valence-electron chi connectivity index (χ3n) is 4.83. The third-order valence-corrected chi connectivity index (χ3v) is 5.46. The Bertz CT molecular complexity index is 676. The molecule has 3 fully saturated rings. The van der Waals surface area contributed by atoms with Crippen molar-refractivity contribution in [2.45, 2.75) is 31.2 Å². The molecule has 4 nitrogen and oxygen atoms in total. The van der Waals surface area contributed by atoms with Crippen LogP contribution in [0.5, 0.6) is 0 Å². The maximum absolute atomic E-state index is 6.40. The Morgan fingerprint density at radius 2 is 2.14 bits per heavy atom. The molecule has 5 heterocycles. The fraction of sp³-hybridized carbons (Fsp3) is 0.600. The Morgan fingerprint density at radius 3 is 2.76 bits per heavy atom. The van der Waals surface area contributed by atoms with E-state index in [1.165, 1.54) is 25.9 Å². The highest BCUT2D eigenvalue weighted by molar-refractivity contribution is 9.10. The topological polar surface area (TPSA) is 34.0 Å². The van der Waals surface area contributed by atoms with Crippen LogP contribution in [0.2, 0.25) is 0 Å². The van der Waals surface area contributed by atoms with Crippen LogP contribution in [0.25, 0.3) is 11.2 Å². The monoisotopic (exact) mass is 368 g/mol. The highest BCUT2D eigenvalue weighted by Gasteiger charge is 2.37. The lowest BCUT2D eigenvalue weighted by atomic mass is 9.84. The molecular formula is C15H18BrClN4. The zero-order valence-corrected chi connectivity index (χ0v) is 14.3. The minimum atomic E-state index is -0.103. The lowest BCUT2D eigenvalue weighted by molar-refractivity contribution is 0.0573. The minimum absolute atomic E-state index is 0.103. The lowest BCUT2D eigenvalue weighted by Crippen LogP contribution is -2.48. The molecule has 0 amide bonds. The normalized spacial score (nSPS) is 30.0. The van der Waals surface area contributed by atoms with E-state index in [-0.39, 0.29) is 5.38 Å². The van der Waals surface area contributed by atoms with Crippen LogP contribution in [0.15, 0.2) is 16.7 Å². The molecule has 2 aromatic rings. The van der Waals surface area contributed by atoms with E-state index in [0.717, 1.165) is 33.9 Å². The molecule has 0 radical (unpaired) electrons. The van der Waals surface area contributed by atoms with Gasteiger partial charge in [0.25, 0.3) is 0 Å². The fourth-order valence-corrected chi connectivity index (χ4v) is 4.28. The van der Waals surface area contributed by atoms with Gasteiger partial charge >= 0.3 is 0 Å². The number of hydrogen-bond acceptors (Lipinski definition) is 3. The number of nitrogens with zero attached hydrogens (tertiary/aromatic N) is 4. The van der Waals surface area contributed by atoms with E-state index in [2.05, 4.69) is 30.4 Å². The van der Waals surface area contributed by atoms with Crippen LogP contribution in [0.1, 0.15) is 37.0 Å². The summed E-state index contributed by atoms with van der Waals surface area (Å²) in [5.41, 5.74) is 1.91. The van der Waals surface area contributed by atoms with Gasteiger partial charge in [-0.1, -0.05) is 0 Å². The summed E-state index contributed by atoms with van der Waals surface area (Å²) in [6, 6.07) is 2.49. The van der Waals surface area contributed by atoms with E-state index in [1.807, 2.05) is 19.2 Å². The van der Waals surface area contributed by atoms with Crippen molar-refractivity contribution in [1.29, 1.82) is 0 Å². The average molecular weight is 370 g/mol. The van der Waals surface area contributed by atoms with E-state index in [9.17, 15) is 0 Å². The van der Waals surface area contributed by atoms with Crippen LogP contribution in [-0.4, -0.2) is 39.1 Å². The molecule has 2 unspecified atom stereocenters. The lowest BCUT2D eigenvalue weighted by Gasteiger charge is -2.45. The average Bonchev–Trinajstić information content (AvgIpc) is 2.87. The fourth-order valence-electron chi connectivity index (χ4n) is 3.81. The molecule has 6 heteroatoms. The van der Waals surface area contributed by atoms with E-state index in [4.69, 9.17) is 16.6 Å². The van der Waals surface area contributed by atoms with Crippen molar-refractivity contribution in [3.05, 3.63) is 22.6 Å². The van der Waals surface area contributed by atoms with Gasteiger partial charge in [-0.2, -0.15) is 0 Å². The predicted octanol–water partition coefficient (Wildman–Crippen LogP) is 3.76. The highest BCUT2D eigenvalue weighted by atomic mass is 79.9. The summed E-state index contributed by atoms with van der Waals surface area (Å²) in [5.74, 6) is 1.68. The minimum Gasteiger partial charge on any atom is -0.307 e. The summed E-state index contributed by atoms with van der Waals surface area (Å²) < 4.78 is 3.28. The quantitative estimate of drug-likeness (QED) is 0.756. The van der Waals surface area contributed by atoms with Crippen LogP contribution in [0, 0.1) is 5.92 Å². The molecular weight excluding hydrogens is 352 g/mol. The molecule has 0 aliphatic carbocycles. The second-order valence-electron chi connectivity index (χ2n) is 6.16. The van der Waals surface area contributed by atoms with Gasteiger partial charge in [0.1, 0.15) is 11.3 Å². The maximum Gasteiger partial charge on any atom is 0.160 e. The first-order valence-electron chi connectivity index (χ1n) is 7.53. The molecule has 2 atom stereocenters. The SMILES string of the molecule is CC(Cl)c1nc2cc(Br)cnc2n1C1CN2CCC1CC2. The number of piperidine rings is 3. The molecule has 3 saturated heterocycles. The van der Waals surface area contributed by atoms with Crippen molar-refractivity contribution in [3.63, 3.8) is 0 Å². The zero-order valence-electron chi connectivity index (χ0n) is 12.0. The van der Waals surface area contributed by atoms with Gasteiger partial charge in [0.05, 0.1) is 11.4 Å². The largest absolute Gasteiger partial charge is 0.307 e. The van der Waals surface area contributed by atoms with Crippen LogP contribution in [-0.2, 0) is 0 Å². The van der Waals surface area contributed by atoms with Gasteiger partial charge in [-0.25, -0.2) is 9.97 Å². The third kappa shape index (κ3) is 2.30. The van der Waals surface area contributed by atoms with Crippen molar-refractivity contribution in [3.8, 4) is 0 Å². The Hall–Kier alpha value is -0.650. The summed E-state index contributed by atoms with van der Waals surface area (Å²) in [7, 11) is 0. The number of hydrogen-bond donors (Lipinski definition) is 0. The first-order valence-corrected chi connectivity index (χ1v) is 8.76. The second-order valence-corrected chi connectivity index (χ2v) is 7.73. The summed E-state index contributed by atoms with van der Waals surface area (Å²) >= 11 is 9.88. The number of imidazole rings is 1. The van der Waals surface area contributed by atoms with Gasteiger partial charge in [0.15, 0.2) is 5.65 Å². The molecule has 21 heavy (non-hydrogen) atoms. The molecule has 2 aromatic heterocycles. The number of aromatic nitrogens is 3. The molecule has 112 valence electrons. The van der Waals surface area contributed by atoms with E-state index in [0.29, 0.717) is 6.04 Å². The van der Waals surface area contributed by atoms with Crippen molar-refractivity contribution in [2.75, 3.05) is 19.6 Å². The number of fused-ring (bicyclic) bond motifs is 4. The first kappa shape index (κ1) is 14.0. The van der Waals surface area contributed by atoms with Crippen LogP contribution >= 0.6 is 27.5 Å². The molecule has 0 spiro atoms. The van der Waals surface area contributed by atoms with Crippen molar-refractivity contribution >= 4 is 38.7 Å². The van der Waals surface area contributed by atoms with Gasteiger partial charge in [-0.15, -0.1) is 11.6 Å². The van der Waals surface area contributed by atoms with Crippen LogP contribution in [0.4, 0.5) is 0 Å². The van der Waals surface area contributed by atoms with Gasteiger partial charge in [0.2, 0.25) is 0 Å². The van der Waals surface area contributed by atoms with Crippen molar-refractivity contribution in [2.24, 2.45) is 5.92 Å². The van der Waals surface area contributed by atoms with Gasteiger partial charge in [0, 0.05) is 17.2 Å². The molecule has 5 rings (SSSR count). The Labute approximate surface area is 137 Å². The Kier molecular flexibility index (Phi) is 3.47. The summed E-state index contributed by atoms with van der Waals surface area (Å²) in [4.78, 5) is 11.9. The summed E-state index contributed by atoms with van der Waals surface area (Å²) in [5, 5.41) is -0.103. The van der Waals surface area contributed by atoms with Gasteiger partial charge in [-0.3, -0.25) is 0 Å². The number of rotatable bonds is 2. The van der Waals surface area contributed by atoms with Crippen LogP contribution in [0.3, 0.4) is 0 Å². The smallest absolute Gasteiger partial charge is 0.160 e.